The molecule has 0 aliphatic heterocycles. The highest BCUT2D eigenvalue weighted by Gasteiger charge is 2.31. The molecule has 0 fully saturated rings. The van der Waals surface area contributed by atoms with Crippen LogP contribution in [0.1, 0.15) is 5.56 Å². The average molecular weight is 571 g/mol. The van der Waals surface area contributed by atoms with Crippen LogP contribution < -0.4 is 0 Å². The van der Waals surface area contributed by atoms with E-state index in [1.807, 2.05) is 0 Å². The number of benzene rings is 8. The predicted molar refractivity (Wildman–Crippen MR) is 192 cm³/mol. The maximum absolute atomic E-state index is 2.37. The van der Waals surface area contributed by atoms with Crippen molar-refractivity contribution in [3.63, 3.8) is 0 Å². The van der Waals surface area contributed by atoms with E-state index in [2.05, 4.69) is 171 Å². The highest BCUT2D eigenvalue weighted by atomic mass is 14.3. The Morgan fingerprint density at radius 3 is 1.29 bits per heavy atom. The van der Waals surface area contributed by atoms with E-state index in [1.54, 1.807) is 0 Å². The van der Waals surface area contributed by atoms with Crippen molar-refractivity contribution in [1.82, 2.24) is 0 Å². The van der Waals surface area contributed by atoms with Crippen molar-refractivity contribution in [2.24, 2.45) is 0 Å². The molecule has 8 aromatic carbocycles. The molecule has 0 saturated heterocycles. The lowest BCUT2D eigenvalue weighted by Crippen LogP contribution is -1.93. The van der Waals surface area contributed by atoms with Gasteiger partial charge in [-0.25, -0.2) is 0 Å². The second kappa shape index (κ2) is 10.2. The average Bonchev–Trinajstić information content (AvgIpc) is 3.43. The second-order valence-corrected chi connectivity index (χ2v) is 12.1. The maximum Gasteiger partial charge on any atom is -0.000741 e. The number of fused-ring (bicyclic) bond motifs is 4. The molecule has 0 unspecified atom stereocenters. The first-order valence-corrected chi connectivity index (χ1v) is 15.7. The smallest absolute Gasteiger partial charge is 0.000741 e. The molecule has 0 saturated carbocycles. The van der Waals surface area contributed by atoms with Gasteiger partial charge < -0.3 is 0 Å². The van der Waals surface area contributed by atoms with Crippen molar-refractivity contribution >= 4 is 21.5 Å². The van der Waals surface area contributed by atoms with Crippen LogP contribution in [0.4, 0.5) is 0 Å². The maximum atomic E-state index is 2.37. The fourth-order valence-corrected chi connectivity index (χ4v) is 7.45. The van der Waals surface area contributed by atoms with Gasteiger partial charge in [-0.15, -0.1) is 0 Å². The lowest BCUT2D eigenvalue weighted by molar-refractivity contribution is 1.47. The summed E-state index contributed by atoms with van der Waals surface area (Å²) < 4.78 is 0. The van der Waals surface area contributed by atoms with Crippen LogP contribution in [0, 0.1) is 6.92 Å². The Morgan fingerprint density at radius 2 is 0.711 bits per heavy atom. The summed E-state index contributed by atoms with van der Waals surface area (Å²) in [5.74, 6) is 0. The Bertz CT molecular complexity index is 2290. The van der Waals surface area contributed by atoms with E-state index in [4.69, 9.17) is 0 Å². The van der Waals surface area contributed by atoms with Crippen LogP contribution in [0.15, 0.2) is 164 Å². The molecule has 8 aromatic rings. The lowest BCUT2D eigenvalue weighted by atomic mass is 9.82. The van der Waals surface area contributed by atoms with Crippen molar-refractivity contribution in [2.75, 3.05) is 0 Å². The third-order valence-electron chi connectivity index (χ3n) is 9.50. The number of hydrogen-bond donors (Lipinski definition) is 0. The van der Waals surface area contributed by atoms with Gasteiger partial charge in [0, 0.05) is 0 Å². The van der Waals surface area contributed by atoms with Gasteiger partial charge in [0.05, 0.1) is 0 Å². The highest BCUT2D eigenvalue weighted by molar-refractivity contribution is 6.28. The van der Waals surface area contributed by atoms with Crippen molar-refractivity contribution in [3.8, 4) is 66.8 Å². The molecule has 9 rings (SSSR count). The molecule has 0 bridgehead atoms. The van der Waals surface area contributed by atoms with Crippen molar-refractivity contribution in [1.29, 1.82) is 0 Å². The Kier molecular flexibility index (Phi) is 5.83. The summed E-state index contributed by atoms with van der Waals surface area (Å²) in [6.45, 7) is 2.13. The minimum atomic E-state index is 1.24. The minimum absolute atomic E-state index is 1.24. The third-order valence-corrected chi connectivity index (χ3v) is 9.50. The molecule has 0 aromatic heterocycles. The van der Waals surface area contributed by atoms with E-state index >= 15 is 0 Å². The quantitative estimate of drug-likeness (QED) is 0.197. The molecule has 210 valence electrons. The summed E-state index contributed by atoms with van der Waals surface area (Å²) in [7, 11) is 0. The van der Waals surface area contributed by atoms with Gasteiger partial charge in [-0.05, 0) is 95.2 Å². The van der Waals surface area contributed by atoms with Crippen LogP contribution >= 0.6 is 0 Å². The third kappa shape index (κ3) is 4.00. The summed E-state index contributed by atoms with van der Waals surface area (Å²) in [6, 6.07) is 60.3. The standard InChI is InChI=1S/C45H30/c1-29-19-21-30(22-20-29)31-23-25-32(26-24-31)35-27-28-40-43-36(35)17-10-18-39(43)44-41(33-11-4-2-5-12-33)37-15-8-9-16-38(37)42(45(40)44)34-13-6-3-7-14-34/h2-28H,1H3. The van der Waals surface area contributed by atoms with Gasteiger partial charge in [0.2, 0.25) is 0 Å². The molecule has 0 atom stereocenters. The Hall–Kier alpha value is -5.72. The van der Waals surface area contributed by atoms with Gasteiger partial charge in [0.1, 0.15) is 0 Å². The lowest BCUT2D eigenvalue weighted by Gasteiger charge is -2.20. The van der Waals surface area contributed by atoms with E-state index in [1.165, 1.54) is 93.9 Å². The first-order chi connectivity index (χ1) is 22.3. The van der Waals surface area contributed by atoms with Gasteiger partial charge >= 0.3 is 0 Å². The second-order valence-electron chi connectivity index (χ2n) is 12.1. The molecule has 0 heteroatoms. The normalized spacial score (nSPS) is 11.7. The summed E-state index contributed by atoms with van der Waals surface area (Å²) >= 11 is 0. The van der Waals surface area contributed by atoms with E-state index in [9.17, 15) is 0 Å². The predicted octanol–water partition coefficient (Wildman–Crippen LogP) is 12.6. The van der Waals surface area contributed by atoms with E-state index in [0.29, 0.717) is 0 Å². The zero-order chi connectivity index (χ0) is 29.9. The zero-order valence-corrected chi connectivity index (χ0v) is 25.1. The fraction of sp³-hybridized carbons (Fsp3) is 0.0222. The van der Waals surface area contributed by atoms with E-state index in [0.717, 1.165) is 0 Å². The number of rotatable bonds is 4. The number of hydrogen-bond acceptors (Lipinski definition) is 0. The monoisotopic (exact) mass is 570 g/mol. The van der Waals surface area contributed by atoms with Crippen LogP contribution in [0.2, 0.25) is 0 Å². The van der Waals surface area contributed by atoms with Gasteiger partial charge in [-0.3, -0.25) is 0 Å². The summed E-state index contributed by atoms with van der Waals surface area (Å²) in [4.78, 5) is 0. The van der Waals surface area contributed by atoms with Crippen molar-refractivity contribution in [3.05, 3.63) is 169 Å². The summed E-state index contributed by atoms with van der Waals surface area (Å²) in [5, 5.41) is 5.22. The SMILES string of the molecule is Cc1ccc(-c2ccc(-c3ccc4c5c(cccc35)-c3c-4c(-c4ccccc4)c4ccccc4c3-c3ccccc3)cc2)cc1. The first-order valence-electron chi connectivity index (χ1n) is 15.7. The highest BCUT2D eigenvalue weighted by Crippen LogP contribution is 2.58. The minimum Gasteiger partial charge on any atom is -0.0622 e. The molecule has 0 amide bonds. The molecule has 0 heterocycles. The van der Waals surface area contributed by atoms with Gasteiger partial charge in [0.25, 0.3) is 0 Å². The molecule has 1 aliphatic rings. The molecule has 45 heavy (non-hydrogen) atoms. The summed E-state index contributed by atoms with van der Waals surface area (Å²) in [5.41, 5.74) is 16.7. The molecular weight excluding hydrogens is 540 g/mol. The Labute approximate surface area is 263 Å². The number of aryl methyl sites for hydroxylation is 1. The topological polar surface area (TPSA) is 0 Å². The van der Waals surface area contributed by atoms with Crippen LogP contribution in [0.5, 0.6) is 0 Å². The molecule has 0 N–H and O–H groups in total. The van der Waals surface area contributed by atoms with Gasteiger partial charge in [0.15, 0.2) is 0 Å². The zero-order valence-electron chi connectivity index (χ0n) is 25.1. The van der Waals surface area contributed by atoms with Gasteiger partial charge in [-0.1, -0.05) is 169 Å². The molecule has 0 radical (unpaired) electrons. The Balaban J connectivity index is 1.33. The van der Waals surface area contributed by atoms with Crippen molar-refractivity contribution in [2.45, 2.75) is 6.92 Å². The molecule has 0 spiro atoms. The van der Waals surface area contributed by atoms with Crippen LogP contribution in [-0.4, -0.2) is 0 Å². The first kappa shape index (κ1) is 25.7. The van der Waals surface area contributed by atoms with Crippen LogP contribution in [-0.2, 0) is 0 Å². The van der Waals surface area contributed by atoms with Crippen molar-refractivity contribution < 1.29 is 0 Å². The van der Waals surface area contributed by atoms with Crippen LogP contribution in [0.3, 0.4) is 0 Å². The van der Waals surface area contributed by atoms with E-state index in [-0.39, 0.29) is 0 Å². The van der Waals surface area contributed by atoms with Gasteiger partial charge in [-0.2, -0.15) is 0 Å². The Morgan fingerprint density at radius 1 is 0.267 bits per heavy atom. The molecule has 0 nitrogen and oxygen atoms in total. The fourth-order valence-electron chi connectivity index (χ4n) is 7.45. The molecule has 1 aliphatic carbocycles. The largest absolute Gasteiger partial charge is 0.0622 e. The summed E-state index contributed by atoms with van der Waals surface area (Å²) in [6.07, 6.45) is 0. The molecular formula is C45H30. The van der Waals surface area contributed by atoms with E-state index < -0.39 is 0 Å². The van der Waals surface area contributed by atoms with Crippen LogP contribution in [0.25, 0.3) is 88.3 Å².